The molecule has 3 aromatic carbocycles. The second-order valence-electron chi connectivity index (χ2n) is 10.1. The lowest BCUT2D eigenvalue weighted by atomic mass is 9.80. The number of nitrogens with zero attached hydrogens (tertiary/aromatic N) is 3. The Morgan fingerprint density at radius 2 is 1.69 bits per heavy atom. The molecule has 0 spiro atoms. The molecule has 8 nitrogen and oxygen atoms in total. The van der Waals surface area contributed by atoms with Gasteiger partial charge in [0, 0.05) is 23.6 Å². The first-order chi connectivity index (χ1) is 21.4. The minimum absolute atomic E-state index is 0.119. The maximum atomic E-state index is 14.2. The minimum Gasteiger partial charge on any atom is -0.348 e. The van der Waals surface area contributed by atoms with Crippen molar-refractivity contribution in [2.75, 3.05) is 11.4 Å². The monoisotopic (exact) mass is 661 g/mol. The molecule has 45 heavy (non-hydrogen) atoms. The summed E-state index contributed by atoms with van der Waals surface area (Å²) in [5.41, 5.74) is 0.346. The van der Waals surface area contributed by atoms with Crippen LogP contribution in [-0.4, -0.2) is 44.9 Å². The van der Waals surface area contributed by atoms with Crippen molar-refractivity contribution in [2.24, 2.45) is 0 Å². The predicted octanol–water partition coefficient (Wildman–Crippen LogP) is 5.75. The van der Waals surface area contributed by atoms with Gasteiger partial charge in [0.05, 0.1) is 23.5 Å². The molecule has 2 heterocycles. The van der Waals surface area contributed by atoms with E-state index >= 15 is 0 Å². The van der Waals surface area contributed by atoms with Gasteiger partial charge in [-0.25, -0.2) is 9.07 Å². The Labute approximate surface area is 264 Å². The average Bonchev–Trinajstić information content (AvgIpc) is 3.39. The highest BCUT2D eigenvalue weighted by Crippen LogP contribution is 2.44. The van der Waals surface area contributed by atoms with Crippen LogP contribution in [0.2, 0.25) is 0 Å². The molecule has 14 heteroatoms. The van der Waals surface area contributed by atoms with Crippen LogP contribution in [0.3, 0.4) is 0 Å². The van der Waals surface area contributed by atoms with Gasteiger partial charge in [0.25, 0.3) is 17.7 Å². The predicted molar refractivity (Wildman–Crippen MR) is 160 cm³/mol. The zero-order chi connectivity index (χ0) is 32.5. The fourth-order valence-electron chi connectivity index (χ4n) is 5.29. The number of hydrogen-bond acceptors (Lipinski definition) is 4. The van der Waals surface area contributed by atoms with Gasteiger partial charge in [0.2, 0.25) is 0 Å². The third-order valence-electron chi connectivity index (χ3n) is 7.32. The molecule has 5 rings (SSSR count). The van der Waals surface area contributed by atoms with Crippen LogP contribution in [0.15, 0.2) is 78.9 Å². The van der Waals surface area contributed by atoms with Gasteiger partial charge in [-0.15, -0.1) is 0 Å². The van der Waals surface area contributed by atoms with Gasteiger partial charge < -0.3 is 10.6 Å². The lowest BCUT2D eigenvalue weighted by molar-refractivity contribution is -0.137. The normalized spacial score (nSPS) is 16.4. The molecule has 1 aliphatic rings. The number of carbonyl (C=O) groups is 3. The van der Waals surface area contributed by atoms with Crippen LogP contribution in [0.25, 0.3) is 5.69 Å². The SMILES string of the molecule is CCN1C(=O)C(NC(=O)c2cccc(C(F)(F)F)c2)C(c2ccc(F)cc2)c2c(CNC(=O)C(Cl)Cl)nn(-c3ccccc3)c21. The largest absolute Gasteiger partial charge is 0.416 e. The van der Waals surface area contributed by atoms with Crippen LogP contribution >= 0.6 is 23.2 Å². The molecule has 0 saturated carbocycles. The summed E-state index contributed by atoms with van der Waals surface area (Å²) in [6.45, 7) is 1.64. The Balaban J connectivity index is 1.69. The average molecular weight is 662 g/mol. The van der Waals surface area contributed by atoms with Crippen molar-refractivity contribution in [2.45, 2.75) is 36.4 Å². The molecule has 0 radical (unpaired) electrons. The summed E-state index contributed by atoms with van der Waals surface area (Å²) in [5, 5.41) is 9.98. The van der Waals surface area contributed by atoms with Crippen LogP contribution in [0.4, 0.5) is 23.4 Å². The number of nitrogens with one attached hydrogen (secondary N) is 2. The Kier molecular flexibility index (Phi) is 9.17. The minimum atomic E-state index is -4.70. The van der Waals surface area contributed by atoms with Crippen LogP contribution < -0.4 is 15.5 Å². The molecule has 0 aliphatic carbocycles. The summed E-state index contributed by atoms with van der Waals surface area (Å²) < 4.78 is 55.8. The number of rotatable bonds is 8. The van der Waals surface area contributed by atoms with E-state index < -0.39 is 52.1 Å². The van der Waals surface area contributed by atoms with Gasteiger partial charge in [0.1, 0.15) is 17.7 Å². The van der Waals surface area contributed by atoms with Crippen molar-refractivity contribution in [3.8, 4) is 5.69 Å². The van der Waals surface area contributed by atoms with Gasteiger partial charge in [-0.3, -0.25) is 19.3 Å². The molecule has 4 aromatic rings. The zero-order valence-electron chi connectivity index (χ0n) is 23.5. The third kappa shape index (κ3) is 6.52. The van der Waals surface area contributed by atoms with Crippen LogP contribution in [0, 0.1) is 5.82 Å². The van der Waals surface area contributed by atoms with Gasteiger partial charge in [-0.05, 0) is 55.0 Å². The summed E-state index contributed by atoms with van der Waals surface area (Å²) in [5.74, 6) is -3.42. The van der Waals surface area contributed by atoms with Gasteiger partial charge >= 0.3 is 6.18 Å². The lowest BCUT2D eigenvalue weighted by Crippen LogP contribution is -2.55. The highest BCUT2D eigenvalue weighted by atomic mass is 35.5. The molecule has 2 atom stereocenters. The van der Waals surface area contributed by atoms with E-state index in [1.54, 1.807) is 37.3 Å². The molecule has 1 aromatic heterocycles. The number of amides is 3. The van der Waals surface area contributed by atoms with Crippen LogP contribution in [0.5, 0.6) is 0 Å². The quantitative estimate of drug-likeness (QED) is 0.186. The van der Waals surface area contributed by atoms with Crippen molar-refractivity contribution < 1.29 is 31.9 Å². The summed E-state index contributed by atoms with van der Waals surface area (Å²) in [4.78, 5) is 40.0. The van der Waals surface area contributed by atoms with E-state index in [-0.39, 0.29) is 24.3 Å². The first kappa shape index (κ1) is 32.0. The second kappa shape index (κ2) is 12.9. The van der Waals surface area contributed by atoms with E-state index in [9.17, 15) is 31.9 Å². The summed E-state index contributed by atoms with van der Waals surface area (Å²) >= 11 is 11.5. The van der Waals surface area contributed by atoms with Crippen LogP contribution in [-0.2, 0) is 22.3 Å². The first-order valence-electron chi connectivity index (χ1n) is 13.7. The Hall–Kier alpha value is -4.42. The van der Waals surface area contributed by atoms with Gasteiger partial charge in [0.15, 0.2) is 4.84 Å². The van der Waals surface area contributed by atoms with E-state index in [4.69, 9.17) is 28.3 Å². The lowest BCUT2D eigenvalue weighted by Gasteiger charge is -2.38. The van der Waals surface area contributed by atoms with E-state index in [1.165, 1.54) is 39.9 Å². The second-order valence-corrected chi connectivity index (χ2v) is 11.2. The molecular weight excluding hydrogens is 637 g/mol. The maximum Gasteiger partial charge on any atom is 0.416 e. The number of carbonyl (C=O) groups excluding carboxylic acids is 3. The van der Waals surface area contributed by atoms with Gasteiger partial charge in [-0.1, -0.05) is 59.6 Å². The molecule has 234 valence electrons. The summed E-state index contributed by atoms with van der Waals surface area (Å²) in [6, 6.07) is 16.6. The molecule has 3 amide bonds. The van der Waals surface area contributed by atoms with E-state index in [2.05, 4.69) is 10.6 Å². The van der Waals surface area contributed by atoms with Crippen molar-refractivity contribution in [1.29, 1.82) is 0 Å². The fourth-order valence-corrected chi connectivity index (χ4v) is 5.45. The van der Waals surface area contributed by atoms with Crippen molar-refractivity contribution in [3.05, 3.63) is 113 Å². The summed E-state index contributed by atoms with van der Waals surface area (Å²) in [6.07, 6.45) is -4.70. The molecule has 0 saturated heterocycles. The molecular formula is C31H25Cl2F4N5O3. The number of halogens is 6. The Morgan fingerprint density at radius 1 is 1.00 bits per heavy atom. The van der Waals surface area contributed by atoms with E-state index in [0.29, 0.717) is 28.7 Å². The number of alkyl halides is 5. The standard InChI is InChI=1S/C31H25Cl2F4N5O3/c1-2-41-29-24(22(16-38-28(44)26(32)33)40-42(29)21-9-4-3-5-10-21)23(17-11-13-20(34)14-12-17)25(30(41)45)39-27(43)18-7-6-8-19(15-18)31(35,36)37/h3-15,23,25-26H,2,16H2,1H3,(H,38,44)(H,39,43). The number of aromatic nitrogens is 2. The number of fused-ring (bicyclic) bond motifs is 1. The molecule has 1 aliphatic heterocycles. The van der Waals surface area contributed by atoms with Crippen molar-refractivity contribution in [1.82, 2.24) is 20.4 Å². The van der Waals surface area contributed by atoms with Crippen molar-refractivity contribution >= 4 is 46.7 Å². The third-order valence-corrected chi connectivity index (χ3v) is 7.71. The topological polar surface area (TPSA) is 96.3 Å². The molecule has 0 bridgehead atoms. The number of para-hydroxylation sites is 1. The zero-order valence-corrected chi connectivity index (χ0v) is 25.0. The molecule has 2 N–H and O–H groups in total. The Bertz CT molecular complexity index is 1730. The number of likely N-dealkylation sites (N-methyl/N-ethyl adjacent to an activating group) is 1. The van der Waals surface area contributed by atoms with E-state index in [1.807, 2.05) is 0 Å². The smallest absolute Gasteiger partial charge is 0.348 e. The van der Waals surface area contributed by atoms with Crippen LogP contribution in [0.1, 0.15) is 45.6 Å². The first-order valence-corrected chi connectivity index (χ1v) is 14.6. The fraction of sp³-hybridized carbons (Fsp3) is 0.226. The number of hydrogen-bond donors (Lipinski definition) is 2. The highest BCUT2D eigenvalue weighted by Gasteiger charge is 2.46. The van der Waals surface area contributed by atoms with E-state index in [0.717, 1.165) is 12.1 Å². The molecule has 0 fully saturated rings. The summed E-state index contributed by atoms with van der Waals surface area (Å²) in [7, 11) is 0. The number of anilines is 1. The van der Waals surface area contributed by atoms with Gasteiger partial charge in [-0.2, -0.15) is 18.3 Å². The maximum absolute atomic E-state index is 14.2. The Morgan fingerprint density at radius 3 is 2.31 bits per heavy atom. The highest BCUT2D eigenvalue weighted by molar-refractivity contribution is 6.53. The number of benzene rings is 3. The van der Waals surface area contributed by atoms with Crippen molar-refractivity contribution in [3.63, 3.8) is 0 Å². The molecule has 2 unspecified atom stereocenters.